The van der Waals surface area contributed by atoms with Crippen LogP contribution in [0.15, 0.2) is 53.3 Å². The Morgan fingerprint density at radius 2 is 1.92 bits per heavy atom. The minimum Gasteiger partial charge on any atom is -0.480 e. The van der Waals surface area contributed by atoms with Crippen molar-refractivity contribution in [3.8, 4) is 5.69 Å². The first kappa shape index (κ1) is 28.0. The highest BCUT2D eigenvalue weighted by Gasteiger charge is 2.24. The number of ether oxygens (including phenoxy) is 1. The second-order valence-electron chi connectivity index (χ2n) is 9.86. The van der Waals surface area contributed by atoms with E-state index in [-0.39, 0.29) is 24.2 Å². The molecule has 3 heterocycles. The second kappa shape index (κ2) is 13.2. The molecule has 9 nitrogen and oxygen atoms in total. The lowest BCUT2D eigenvalue weighted by molar-refractivity contribution is -0.139. The fourth-order valence-electron chi connectivity index (χ4n) is 4.94. The Kier molecular flexibility index (Phi) is 9.49. The molecule has 0 fully saturated rings. The van der Waals surface area contributed by atoms with E-state index in [2.05, 4.69) is 22.8 Å². The topological polar surface area (TPSA) is 123 Å². The smallest absolute Gasteiger partial charge is 0.326 e. The number of aliphatic carboxylic acids is 1. The molecule has 39 heavy (non-hydrogen) atoms. The number of fused-ring (bicyclic) bond motifs is 1. The molecule has 0 radical (unpaired) electrons. The van der Waals surface area contributed by atoms with Crippen molar-refractivity contribution in [2.24, 2.45) is 0 Å². The predicted octanol–water partition coefficient (Wildman–Crippen LogP) is 3.82. The van der Waals surface area contributed by atoms with Gasteiger partial charge < -0.3 is 20.5 Å². The van der Waals surface area contributed by atoms with Gasteiger partial charge in [-0.15, -0.1) is 0 Å². The molecule has 1 atom stereocenters. The van der Waals surface area contributed by atoms with E-state index in [4.69, 9.17) is 9.72 Å². The molecule has 0 saturated heterocycles. The number of nitrogens with zero attached hydrogens (tertiary/aromatic N) is 2. The number of amides is 1. The number of carbonyl (C=O) groups excluding carboxylic acids is 1. The molecule has 3 aromatic rings. The molecule has 3 N–H and O–H groups in total. The normalized spacial score (nSPS) is 13.3. The number of aryl methyl sites for hydroxylation is 3. The number of anilines is 1. The van der Waals surface area contributed by atoms with Gasteiger partial charge in [-0.25, -0.2) is 9.78 Å². The van der Waals surface area contributed by atoms with Crippen LogP contribution < -0.4 is 16.2 Å². The van der Waals surface area contributed by atoms with Crippen LogP contribution in [0.1, 0.15) is 58.6 Å². The summed E-state index contributed by atoms with van der Waals surface area (Å²) in [6.07, 6.45) is 4.95. The van der Waals surface area contributed by atoms with E-state index in [1.807, 2.05) is 18.2 Å². The van der Waals surface area contributed by atoms with Crippen LogP contribution in [0.25, 0.3) is 5.69 Å². The van der Waals surface area contributed by atoms with Crippen molar-refractivity contribution >= 4 is 17.7 Å². The predicted molar refractivity (Wildman–Crippen MR) is 150 cm³/mol. The monoisotopic (exact) mass is 532 g/mol. The first-order valence-electron chi connectivity index (χ1n) is 13.5. The molecular weight excluding hydrogens is 496 g/mol. The largest absolute Gasteiger partial charge is 0.480 e. The van der Waals surface area contributed by atoms with Crippen molar-refractivity contribution in [3.05, 3.63) is 87.0 Å². The summed E-state index contributed by atoms with van der Waals surface area (Å²) >= 11 is 0. The van der Waals surface area contributed by atoms with Gasteiger partial charge in [0.25, 0.3) is 11.5 Å². The zero-order valence-electron chi connectivity index (χ0n) is 22.5. The summed E-state index contributed by atoms with van der Waals surface area (Å²) in [5.74, 6) is -0.666. The van der Waals surface area contributed by atoms with Crippen LogP contribution in [-0.4, -0.2) is 52.3 Å². The van der Waals surface area contributed by atoms with Gasteiger partial charge >= 0.3 is 5.97 Å². The molecule has 1 aliphatic rings. The SMILES string of the molecule is Cc1cc(=O)n(-c2ccccc2)c(C)c1C(=O)NC(CCOCCCCc1ccc2c(n1)NCCC2)C(=O)O. The minimum atomic E-state index is -1.13. The fraction of sp³-hybridized carbons (Fsp3) is 0.400. The molecule has 0 aliphatic carbocycles. The lowest BCUT2D eigenvalue weighted by Crippen LogP contribution is -2.42. The molecule has 2 aromatic heterocycles. The summed E-state index contributed by atoms with van der Waals surface area (Å²) in [5.41, 5.74) is 3.94. The lowest BCUT2D eigenvalue weighted by atomic mass is 10.1. The zero-order chi connectivity index (χ0) is 27.8. The Hall–Kier alpha value is -3.98. The van der Waals surface area contributed by atoms with Crippen molar-refractivity contribution in [3.63, 3.8) is 0 Å². The molecule has 0 saturated carbocycles. The highest BCUT2D eigenvalue weighted by molar-refractivity contribution is 5.98. The summed E-state index contributed by atoms with van der Waals surface area (Å²) < 4.78 is 7.13. The van der Waals surface area contributed by atoms with E-state index < -0.39 is 17.9 Å². The molecule has 0 bridgehead atoms. The van der Waals surface area contributed by atoms with E-state index in [1.165, 1.54) is 16.2 Å². The number of carboxylic acid groups (broad SMARTS) is 1. The number of hydrogen-bond donors (Lipinski definition) is 3. The third kappa shape index (κ3) is 7.11. The average molecular weight is 533 g/mol. The number of hydrogen-bond acceptors (Lipinski definition) is 6. The molecule has 0 spiro atoms. The van der Waals surface area contributed by atoms with Gasteiger partial charge in [-0.1, -0.05) is 24.3 Å². The van der Waals surface area contributed by atoms with Gasteiger partial charge in [-0.3, -0.25) is 14.2 Å². The molecule has 1 unspecified atom stereocenters. The van der Waals surface area contributed by atoms with Gasteiger partial charge in [0.05, 0.1) is 5.56 Å². The Morgan fingerprint density at radius 1 is 1.13 bits per heavy atom. The molecule has 1 aromatic carbocycles. The van der Waals surface area contributed by atoms with Crippen LogP contribution in [0.3, 0.4) is 0 Å². The third-order valence-electron chi connectivity index (χ3n) is 6.97. The van der Waals surface area contributed by atoms with E-state index in [9.17, 15) is 19.5 Å². The van der Waals surface area contributed by atoms with Crippen LogP contribution >= 0.6 is 0 Å². The van der Waals surface area contributed by atoms with Crippen molar-refractivity contribution in [1.29, 1.82) is 0 Å². The van der Waals surface area contributed by atoms with Gasteiger partial charge in [-0.2, -0.15) is 0 Å². The van der Waals surface area contributed by atoms with Gasteiger partial charge in [0.1, 0.15) is 11.9 Å². The number of benzene rings is 1. The number of unbranched alkanes of at least 4 members (excludes halogenated alkanes) is 1. The highest BCUT2D eigenvalue weighted by Crippen LogP contribution is 2.20. The number of pyridine rings is 2. The highest BCUT2D eigenvalue weighted by atomic mass is 16.5. The van der Waals surface area contributed by atoms with Crippen molar-refractivity contribution < 1.29 is 19.4 Å². The second-order valence-corrected chi connectivity index (χ2v) is 9.86. The summed E-state index contributed by atoms with van der Waals surface area (Å²) in [7, 11) is 0. The quantitative estimate of drug-likeness (QED) is 0.303. The number of para-hydroxylation sites is 1. The molecule has 4 rings (SSSR count). The van der Waals surface area contributed by atoms with Gasteiger partial charge in [0, 0.05) is 49.3 Å². The average Bonchev–Trinajstić information content (AvgIpc) is 2.92. The number of aromatic nitrogens is 2. The van der Waals surface area contributed by atoms with E-state index in [0.717, 1.165) is 50.2 Å². The van der Waals surface area contributed by atoms with Gasteiger partial charge in [0.2, 0.25) is 0 Å². The summed E-state index contributed by atoms with van der Waals surface area (Å²) in [5, 5.41) is 15.7. The first-order chi connectivity index (χ1) is 18.8. The first-order valence-corrected chi connectivity index (χ1v) is 13.5. The minimum absolute atomic E-state index is 0.134. The Morgan fingerprint density at radius 3 is 2.69 bits per heavy atom. The third-order valence-corrected chi connectivity index (χ3v) is 6.97. The number of nitrogens with one attached hydrogen (secondary N) is 2. The van der Waals surface area contributed by atoms with Crippen LogP contribution in [0, 0.1) is 13.8 Å². The molecule has 9 heteroatoms. The standard InChI is InChI=1S/C30H36N4O5/c1-20-19-26(35)34(24-11-4-3-5-12-24)21(2)27(20)29(36)33-25(30(37)38)15-18-39-17-7-6-10-23-14-13-22-9-8-16-31-28(22)32-23/h3-5,11-14,19,25H,6-10,15-18H2,1-2H3,(H,31,32)(H,33,36)(H,37,38). The summed E-state index contributed by atoms with van der Waals surface area (Å²) in [4.78, 5) is 42.4. The molecule has 206 valence electrons. The van der Waals surface area contributed by atoms with Crippen LogP contribution in [0.4, 0.5) is 5.82 Å². The zero-order valence-corrected chi connectivity index (χ0v) is 22.5. The molecule has 1 amide bonds. The van der Waals surface area contributed by atoms with Crippen molar-refractivity contribution in [1.82, 2.24) is 14.9 Å². The van der Waals surface area contributed by atoms with E-state index >= 15 is 0 Å². The van der Waals surface area contributed by atoms with Gasteiger partial charge in [-0.05, 0) is 75.3 Å². The Labute approximate surface area is 228 Å². The summed E-state index contributed by atoms with van der Waals surface area (Å²) in [6.45, 7) is 5.04. The maximum absolute atomic E-state index is 13.2. The van der Waals surface area contributed by atoms with Crippen molar-refractivity contribution in [2.45, 2.75) is 58.4 Å². The maximum Gasteiger partial charge on any atom is 0.326 e. The van der Waals surface area contributed by atoms with Crippen molar-refractivity contribution in [2.75, 3.05) is 25.1 Å². The van der Waals surface area contributed by atoms with Crippen LogP contribution in [0.5, 0.6) is 0 Å². The number of carboxylic acids is 1. The Balaban J connectivity index is 1.27. The molecule has 1 aliphatic heterocycles. The lowest BCUT2D eigenvalue weighted by Gasteiger charge is -2.19. The number of rotatable bonds is 12. The molecular formula is C30H36N4O5. The van der Waals surface area contributed by atoms with E-state index in [1.54, 1.807) is 26.0 Å². The van der Waals surface area contributed by atoms with Crippen LogP contribution in [-0.2, 0) is 22.4 Å². The summed E-state index contributed by atoms with van der Waals surface area (Å²) in [6, 6.07) is 13.5. The maximum atomic E-state index is 13.2. The van der Waals surface area contributed by atoms with Crippen LogP contribution in [0.2, 0.25) is 0 Å². The number of carbonyl (C=O) groups is 2. The van der Waals surface area contributed by atoms with Gasteiger partial charge in [0.15, 0.2) is 0 Å². The Bertz CT molecular complexity index is 1370. The fourth-order valence-corrected chi connectivity index (χ4v) is 4.94. The van der Waals surface area contributed by atoms with E-state index in [0.29, 0.717) is 23.6 Å².